The number of amides is 2. The van der Waals surface area contributed by atoms with Crippen molar-refractivity contribution in [2.45, 2.75) is 4.90 Å². The number of rotatable bonds is 3. The lowest BCUT2D eigenvalue weighted by atomic mass is 10.3. The van der Waals surface area contributed by atoms with E-state index in [1.165, 1.54) is 24.3 Å². The molecule has 0 aliphatic heterocycles. The lowest BCUT2D eigenvalue weighted by Gasteiger charge is -2.08. The van der Waals surface area contributed by atoms with Gasteiger partial charge in [0.2, 0.25) is 0 Å². The zero-order chi connectivity index (χ0) is 15.5. The number of halogens is 2. The maximum Gasteiger partial charge on any atom is 0.333 e. The minimum absolute atomic E-state index is 0.0374. The van der Waals surface area contributed by atoms with Gasteiger partial charge in [0.05, 0.1) is 4.90 Å². The minimum Gasteiger partial charge on any atom is -0.307 e. The number of benzene rings is 2. The number of hydrogen-bond donors (Lipinski definition) is 2. The van der Waals surface area contributed by atoms with Crippen molar-refractivity contribution in [1.82, 2.24) is 4.72 Å². The highest BCUT2D eigenvalue weighted by molar-refractivity contribution is 14.1. The third kappa shape index (κ3) is 4.58. The van der Waals surface area contributed by atoms with Crippen molar-refractivity contribution in [3.63, 3.8) is 0 Å². The van der Waals surface area contributed by atoms with Crippen molar-refractivity contribution in [1.29, 1.82) is 0 Å². The van der Waals surface area contributed by atoms with Crippen LogP contribution in [0.3, 0.4) is 0 Å². The van der Waals surface area contributed by atoms with E-state index < -0.39 is 16.1 Å². The molecule has 0 spiro atoms. The van der Waals surface area contributed by atoms with Crippen LogP contribution in [0.1, 0.15) is 0 Å². The molecule has 0 aliphatic rings. The highest BCUT2D eigenvalue weighted by Gasteiger charge is 2.17. The number of hydrogen-bond acceptors (Lipinski definition) is 3. The molecule has 21 heavy (non-hydrogen) atoms. The van der Waals surface area contributed by atoms with Gasteiger partial charge in [-0.25, -0.2) is 17.9 Å². The number of urea groups is 1. The number of carbonyl (C=O) groups excluding carboxylic acids is 1. The molecule has 0 fully saturated rings. The van der Waals surface area contributed by atoms with Crippen LogP contribution in [0.2, 0.25) is 5.02 Å². The predicted molar refractivity (Wildman–Crippen MR) is 90.0 cm³/mol. The monoisotopic (exact) mass is 436 g/mol. The molecular weight excluding hydrogens is 427 g/mol. The number of anilines is 1. The van der Waals surface area contributed by atoms with Gasteiger partial charge in [-0.2, -0.15) is 0 Å². The Labute approximate surface area is 140 Å². The largest absolute Gasteiger partial charge is 0.333 e. The molecule has 2 amide bonds. The third-order valence-corrected chi connectivity index (χ3v) is 4.77. The normalized spacial score (nSPS) is 11.0. The molecule has 0 bridgehead atoms. The molecule has 0 heterocycles. The lowest BCUT2D eigenvalue weighted by molar-refractivity contribution is 0.256. The second kappa shape index (κ2) is 6.63. The summed E-state index contributed by atoms with van der Waals surface area (Å²) >= 11 is 7.82. The highest BCUT2D eigenvalue weighted by atomic mass is 127. The second-order valence-electron chi connectivity index (χ2n) is 4.02. The van der Waals surface area contributed by atoms with Gasteiger partial charge < -0.3 is 5.32 Å². The summed E-state index contributed by atoms with van der Waals surface area (Å²) in [5.41, 5.74) is 0.499. The van der Waals surface area contributed by atoms with Crippen LogP contribution in [0, 0.1) is 3.57 Å². The van der Waals surface area contributed by atoms with Crippen LogP contribution in [-0.2, 0) is 10.0 Å². The van der Waals surface area contributed by atoms with E-state index in [-0.39, 0.29) is 4.90 Å². The Hall–Kier alpha value is -1.32. The fraction of sp³-hybridized carbons (Fsp3) is 0. The van der Waals surface area contributed by atoms with E-state index in [2.05, 4.69) is 27.9 Å². The van der Waals surface area contributed by atoms with Gasteiger partial charge in [0.1, 0.15) is 0 Å². The Bertz CT molecular complexity index is 746. The average molecular weight is 437 g/mol. The fourth-order valence-corrected chi connectivity index (χ4v) is 2.88. The molecule has 0 radical (unpaired) electrons. The van der Waals surface area contributed by atoms with Gasteiger partial charge in [0.15, 0.2) is 0 Å². The van der Waals surface area contributed by atoms with E-state index in [9.17, 15) is 13.2 Å². The van der Waals surface area contributed by atoms with Crippen LogP contribution < -0.4 is 10.0 Å². The maximum atomic E-state index is 12.0. The Kier molecular flexibility index (Phi) is 5.07. The highest BCUT2D eigenvalue weighted by Crippen LogP contribution is 2.14. The van der Waals surface area contributed by atoms with Gasteiger partial charge in [-0.15, -0.1) is 0 Å². The van der Waals surface area contributed by atoms with Crippen LogP contribution in [0.25, 0.3) is 0 Å². The van der Waals surface area contributed by atoms with Crippen LogP contribution in [0.5, 0.6) is 0 Å². The number of nitrogens with one attached hydrogen (secondary N) is 2. The smallest absolute Gasteiger partial charge is 0.307 e. The first-order valence-corrected chi connectivity index (χ1v) is 8.66. The molecule has 0 aliphatic carbocycles. The molecule has 0 unspecified atom stereocenters. The molecule has 2 N–H and O–H groups in total. The van der Waals surface area contributed by atoms with Crippen LogP contribution >= 0.6 is 34.2 Å². The summed E-state index contributed by atoms with van der Waals surface area (Å²) < 4.78 is 26.9. The molecule has 0 aromatic heterocycles. The Balaban J connectivity index is 2.07. The van der Waals surface area contributed by atoms with Gasteiger partial charge >= 0.3 is 6.03 Å². The zero-order valence-corrected chi connectivity index (χ0v) is 14.2. The first-order valence-electron chi connectivity index (χ1n) is 5.72. The Morgan fingerprint density at radius 2 is 1.57 bits per heavy atom. The number of carbonyl (C=O) groups is 1. The molecule has 0 saturated carbocycles. The van der Waals surface area contributed by atoms with Crippen molar-refractivity contribution in [2.24, 2.45) is 0 Å². The summed E-state index contributed by atoms with van der Waals surface area (Å²) in [5, 5.41) is 2.86. The minimum atomic E-state index is -3.93. The zero-order valence-electron chi connectivity index (χ0n) is 10.5. The number of sulfonamides is 1. The van der Waals surface area contributed by atoms with Crippen molar-refractivity contribution in [3.05, 3.63) is 57.1 Å². The quantitative estimate of drug-likeness (QED) is 0.724. The molecular formula is C13H10ClIN2O3S. The van der Waals surface area contributed by atoms with E-state index in [0.717, 1.165) is 3.57 Å². The molecule has 0 saturated heterocycles. The fourth-order valence-electron chi connectivity index (χ4n) is 1.48. The van der Waals surface area contributed by atoms with Gasteiger partial charge in [0, 0.05) is 14.3 Å². The molecule has 110 valence electrons. The van der Waals surface area contributed by atoms with Crippen LogP contribution in [-0.4, -0.2) is 14.4 Å². The van der Waals surface area contributed by atoms with Gasteiger partial charge in [-0.3, -0.25) is 0 Å². The summed E-state index contributed by atoms with van der Waals surface area (Å²) in [6.07, 6.45) is 0. The van der Waals surface area contributed by atoms with E-state index in [1.54, 1.807) is 24.3 Å². The van der Waals surface area contributed by atoms with E-state index in [1.807, 2.05) is 4.72 Å². The molecule has 2 aromatic rings. The topological polar surface area (TPSA) is 75.3 Å². The van der Waals surface area contributed by atoms with Gasteiger partial charge in [0.25, 0.3) is 10.0 Å². The van der Waals surface area contributed by atoms with Crippen LogP contribution in [0.15, 0.2) is 53.4 Å². The van der Waals surface area contributed by atoms with Crippen LogP contribution in [0.4, 0.5) is 10.5 Å². The molecule has 2 rings (SSSR count). The van der Waals surface area contributed by atoms with Gasteiger partial charge in [-0.05, 0) is 71.1 Å². The van der Waals surface area contributed by atoms with Crippen molar-refractivity contribution in [2.75, 3.05) is 5.32 Å². The summed E-state index contributed by atoms with van der Waals surface area (Å²) in [6.45, 7) is 0. The van der Waals surface area contributed by atoms with E-state index in [4.69, 9.17) is 11.6 Å². The summed E-state index contributed by atoms with van der Waals surface area (Å²) in [6, 6.07) is 11.6. The first kappa shape index (κ1) is 16.1. The second-order valence-corrected chi connectivity index (χ2v) is 7.38. The predicted octanol–water partition coefficient (Wildman–Crippen LogP) is 3.46. The molecule has 5 nitrogen and oxygen atoms in total. The first-order chi connectivity index (χ1) is 9.87. The average Bonchev–Trinajstić information content (AvgIpc) is 2.41. The third-order valence-electron chi connectivity index (χ3n) is 2.45. The molecule has 0 atom stereocenters. The molecule has 2 aromatic carbocycles. The standard InChI is InChI=1S/C13H10ClIN2O3S/c14-9-1-7-12(8-2-9)21(19,20)17-13(18)16-11-5-3-10(15)4-6-11/h1-8H,(H2,16,17,18). The van der Waals surface area contributed by atoms with E-state index in [0.29, 0.717) is 10.7 Å². The van der Waals surface area contributed by atoms with Crippen molar-refractivity contribution >= 4 is 55.9 Å². The van der Waals surface area contributed by atoms with Gasteiger partial charge in [-0.1, -0.05) is 11.6 Å². The summed E-state index contributed by atoms with van der Waals surface area (Å²) in [7, 11) is -3.93. The Morgan fingerprint density at radius 3 is 2.14 bits per heavy atom. The lowest BCUT2D eigenvalue weighted by Crippen LogP contribution is -2.34. The maximum absolute atomic E-state index is 12.0. The Morgan fingerprint density at radius 1 is 1.00 bits per heavy atom. The summed E-state index contributed by atoms with van der Waals surface area (Å²) in [4.78, 5) is 11.7. The molecule has 8 heteroatoms. The van der Waals surface area contributed by atoms with Crippen molar-refractivity contribution in [3.8, 4) is 0 Å². The van der Waals surface area contributed by atoms with E-state index >= 15 is 0 Å². The van der Waals surface area contributed by atoms with Crippen molar-refractivity contribution < 1.29 is 13.2 Å². The summed E-state index contributed by atoms with van der Waals surface area (Å²) in [5.74, 6) is 0. The SMILES string of the molecule is O=C(Nc1ccc(I)cc1)NS(=O)(=O)c1ccc(Cl)cc1.